The highest BCUT2D eigenvalue weighted by Gasteiger charge is 2.26. The summed E-state index contributed by atoms with van der Waals surface area (Å²) in [6, 6.07) is 0. The number of allylic oxidation sites excluding steroid dienone is 4. The molecule has 0 aliphatic rings. The van der Waals surface area contributed by atoms with Gasteiger partial charge >= 0.3 is 19.8 Å². The second kappa shape index (κ2) is 38.2. The maximum absolute atomic E-state index is 12.6. The first-order valence-electron chi connectivity index (χ1n) is 21.3. The van der Waals surface area contributed by atoms with E-state index in [0.29, 0.717) is 12.8 Å². The van der Waals surface area contributed by atoms with Crippen LogP contribution in [0.25, 0.3) is 0 Å². The fraction of sp³-hybridized carbons (Fsp3) is 0.854. The van der Waals surface area contributed by atoms with Gasteiger partial charge in [0, 0.05) is 19.4 Å². The number of phosphoric acid groups is 1. The van der Waals surface area contributed by atoms with E-state index in [1.165, 1.54) is 89.9 Å². The molecule has 0 heterocycles. The number of carbonyl (C=O) groups excluding carboxylic acids is 2. The molecule has 2 atom stereocenters. The van der Waals surface area contributed by atoms with Crippen molar-refractivity contribution in [3.63, 3.8) is 0 Å². The molecule has 3 N–H and O–H groups in total. The maximum atomic E-state index is 12.6. The molecule has 0 rings (SSSR count). The van der Waals surface area contributed by atoms with Gasteiger partial charge in [0.05, 0.1) is 13.2 Å². The summed E-state index contributed by atoms with van der Waals surface area (Å²) in [5.74, 6) is -0.868. The summed E-state index contributed by atoms with van der Waals surface area (Å²) in [7, 11) is -4.43. The van der Waals surface area contributed by atoms with Crippen molar-refractivity contribution in [1.29, 1.82) is 0 Å². The number of hydrogen-bond acceptors (Lipinski definition) is 8. The molecule has 10 heteroatoms. The number of carbonyl (C=O) groups is 2. The SMILES string of the molecule is [2H]NCCOP(=O)(O)OCC(COC(=O)CCCCCCC/C=C\CCCCCCCC)OC(=O)CCCCCCC/C=C\CCCCCCCC. The lowest BCUT2D eigenvalue weighted by Crippen LogP contribution is -2.29. The molecule has 0 spiro atoms. The molecule has 0 saturated heterocycles. The second-order valence-electron chi connectivity index (χ2n) is 13.8. The maximum Gasteiger partial charge on any atom is 0.472 e. The van der Waals surface area contributed by atoms with Gasteiger partial charge in [0.2, 0.25) is 0 Å². The van der Waals surface area contributed by atoms with Gasteiger partial charge in [-0.25, -0.2) is 4.57 Å². The Morgan fingerprint density at radius 1 is 0.608 bits per heavy atom. The predicted molar refractivity (Wildman–Crippen MR) is 211 cm³/mol. The van der Waals surface area contributed by atoms with Gasteiger partial charge in [0.15, 0.2) is 6.10 Å². The third-order valence-electron chi connectivity index (χ3n) is 8.79. The van der Waals surface area contributed by atoms with Crippen LogP contribution in [0, 0.1) is 0 Å². The highest BCUT2D eigenvalue weighted by Crippen LogP contribution is 2.43. The summed E-state index contributed by atoms with van der Waals surface area (Å²) in [6.07, 6.45) is 39.0. The zero-order valence-electron chi connectivity index (χ0n) is 33.8. The molecule has 0 aromatic heterocycles. The molecule has 0 radical (unpaired) electrons. The minimum atomic E-state index is -4.43. The number of nitrogens with two attached hydrogens (primary N) is 1. The monoisotopic (exact) mass is 745 g/mol. The molecular weight excluding hydrogens is 665 g/mol. The number of esters is 2. The van der Waals surface area contributed by atoms with Gasteiger partial charge in [-0.15, -0.1) is 0 Å². The fourth-order valence-corrected chi connectivity index (χ4v) is 6.43. The lowest BCUT2D eigenvalue weighted by Gasteiger charge is -2.19. The van der Waals surface area contributed by atoms with Gasteiger partial charge in [-0.2, -0.15) is 0 Å². The standard InChI is InChI=1S/C41H78NO8P/c1-3-5-7-9-11-13-15-17-19-21-23-25-27-29-31-33-40(43)47-37-39(38-49-51(45,46)48-36-35-42)50-41(44)34-32-30-28-26-24-22-20-18-16-14-12-10-8-6-4-2/h17-20,39H,3-16,21-38,42H2,1-2H3,(H,45,46)/b19-17-,20-18-/i/hD. The third kappa shape index (κ3) is 38.0. The van der Waals surface area contributed by atoms with Gasteiger partial charge in [-0.05, 0) is 64.2 Å². The Morgan fingerprint density at radius 2 is 1.02 bits per heavy atom. The van der Waals surface area contributed by atoms with Crippen molar-refractivity contribution in [2.45, 2.75) is 200 Å². The van der Waals surface area contributed by atoms with E-state index < -0.39 is 32.5 Å². The molecule has 0 aliphatic carbocycles. The summed E-state index contributed by atoms with van der Waals surface area (Å²) in [4.78, 5) is 34.9. The van der Waals surface area contributed by atoms with Crippen LogP contribution in [0.4, 0.5) is 0 Å². The zero-order valence-corrected chi connectivity index (χ0v) is 33.7. The van der Waals surface area contributed by atoms with Crippen LogP contribution in [0.5, 0.6) is 0 Å². The Hall–Kier alpha value is -1.51. The number of phosphoric ester groups is 1. The minimum Gasteiger partial charge on any atom is -0.462 e. The van der Waals surface area contributed by atoms with Crippen LogP contribution in [0.15, 0.2) is 24.3 Å². The van der Waals surface area contributed by atoms with Crippen molar-refractivity contribution in [3.8, 4) is 0 Å². The van der Waals surface area contributed by atoms with E-state index in [4.69, 9.17) is 19.9 Å². The van der Waals surface area contributed by atoms with Crippen LogP contribution >= 0.6 is 7.82 Å². The molecule has 0 aromatic carbocycles. The molecule has 0 saturated carbocycles. The normalized spacial score (nSPS) is 13.8. The Balaban J connectivity index is 4.25. The van der Waals surface area contributed by atoms with E-state index in [1.807, 2.05) is 0 Å². The number of unbranched alkanes of at least 4 members (excludes halogenated alkanes) is 22. The lowest BCUT2D eigenvalue weighted by atomic mass is 10.1. The fourth-order valence-electron chi connectivity index (χ4n) is 5.67. The lowest BCUT2D eigenvalue weighted by molar-refractivity contribution is -0.161. The van der Waals surface area contributed by atoms with Gasteiger partial charge < -0.3 is 20.1 Å². The number of hydrogen-bond donors (Lipinski definition) is 2. The highest BCUT2D eigenvalue weighted by atomic mass is 31.2. The van der Waals surface area contributed by atoms with E-state index in [-0.39, 0.29) is 32.6 Å². The summed E-state index contributed by atoms with van der Waals surface area (Å²) in [5.41, 5.74) is 2.07. The Kier molecular flexibility index (Phi) is 35.6. The molecule has 0 aromatic rings. The van der Waals surface area contributed by atoms with Crippen LogP contribution in [0.3, 0.4) is 0 Å². The van der Waals surface area contributed by atoms with Crippen molar-refractivity contribution in [1.82, 2.24) is 0 Å². The van der Waals surface area contributed by atoms with Crippen molar-refractivity contribution in [2.75, 3.05) is 26.4 Å². The number of ether oxygens (including phenoxy) is 2. The predicted octanol–water partition coefficient (Wildman–Crippen LogP) is 11.6. The van der Waals surface area contributed by atoms with E-state index in [2.05, 4.69) is 43.9 Å². The first-order chi connectivity index (χ1) is 25.3. The summed E-state index contributed by atoms with van der Waals surface area (Å²) >= 11 is 0. The van der Waals surface area contributed by atoms with E-state index in [0.717, 1.165) is 64.2 Å². The highest BCUT2D eigenvalue weighted by molar-refractivity contribution is 7.47. The van der Waals surface area contributed by atoms with Crippen LogP contribution in [0.2, 0.25) is 1.41 Å². The summed E-state index contributed by atoms with van der Waals surface area (Å²) in [6.45, 7) is 3.60. The summed E-state index contributed by atoms with van der Waals surface area (Å²) in [5, 5.41) is 0. The average molecular weight is 745 g/mol. The van der Waals surface area contributed by atoms with Crippen molar-refractivity contribution < 1.29 is 39.0 Å². The largest absolute Gasteiger partial charge is 0.472 e. The van der Waals surface area contributed by atoms with Crippen molar-refractivity contribution in [3.05, 3.63) is 24.3 Å². The van der Waals surface area contributed by atoms with E-state index >= 15 is 0 Å². The van der Waals surface area contributed by atoms with Gasteiger partial charge in [-0.1, -0.05) is 141 Å². The molecular formula is C41H78NO8P. The molecule has 51 heavy (non-hydrogen) atoms. The van der Waals surface area contributed by atoms with Crippen molar-refractivity contribution >= 4 is 19.8 Å². The van der Waals surface area contributed by atoms with Gasteiger partial charge in [0.1, 0.15) is 8.02 Å². The van der Waals surface area contributed by atoms with Crippen LogP contribution in [-0.4, -0.2) is 49.3 Å². The van der Waals surface area contributed by atoms with Crippen LogP contribution in [-0.2, 0) is 32.7 Å². The first-order valence-corrected chi connectivity index (χ1v) is 22.3. The van der Waals surface area contributed by atoms with Gasteiger partial charge in [0.25, 0.3) is 0 Å². The molecule has 0 aliphatic heterocycles. The van der Waals surface area contributed by atoms with E-state index in [1.54, 1.807) is 0 Å². The number of rotatable bonds is 40. The Bertz CT molecular complexity index is 919. The van der Waals surface area contributed by atoms with E-state index in [9.17, 15) is 19.0 Å². The molecule has 0 bridgehead atoms. The Labute approximate surface area is 314 Å². The summed E-state index contributed by atoms with van der Waals surface area (Å²) < 4.78 is 39.7. The Morgan fingerprint density at radius 3 is 1.47 bits per heavy atom. The zero-order chi connectivity index (χ0) is 38.2. The molecule has 2 unspecified atom stereocenters. The van der Waals surface area contributed by atoms with Crippen LogP contribution in [0.1, 0.15) is 194 Å². The average Bonchev–Trinajstić information content (AvgIpc) is 3.12. The molecule has 0 fully saturated rings. The first kappa shape index (κ1) is 47.5. The topological polar surface area (TPSA) is 134 Å². The molecule has 300 valence electrons. The second-order valence-corrected chi connectivity index (χ2v) is 15.3. The minimum absolute atomic E-state index is 0.0379. The van der Waals surface area contributed by atoms with Gasteiger partial charge in [-0.3, -0.25) is 18.6 Å². The third-order valence-corrected chi connectivity index (χ3v) is 9.78. The van der Waals surface area contributed by atoms with Crippen molar-refractivity contribution in [2.24, 2.45) is 5.73 Å². The smallest absolute Gasteiger partial charge is 0.462 e. The van der Waals surface area contributed by atoms with Crippen LogP contribution < -0.4 is 5.73 Å². The molecule has 9 nitrogen and oxygen atoms in total. The quantitative estimate of drug-likeness (QED) is 0.0272. The molecule has 0 amide bonds.